The third-order valence-corrected chi connectivity index (χ3v) is 5.01. The van der Waals surface area contributed by atoms with E-state index >= 15 is 0 Å². The minimum atomic E-state index is -0.719. The molecule has 142 valence electrons. The molecule has 0 spiro atoms. The molecule has 3 rings (SSSR count). The number of rotatable bonds is 5. The summed E-state index contributed by atoms with van der Waals surface area (Å²) < 4.78 is 13.1. The molecule has 0 unspecified atom stereocenters. The maximum atomic E-state index is 12.6. The van der Waals surface area contributed by atoms with Gasteiger partial charge in [0.25, 0.3) is 11.6 Å². The molecule has 0 bridgehead atoms. The first-order valence-electron chi connectivity index (χ1n) is 8.01. The number of nitrogens with zero attached hydrogens (tertiary/aromatic N) is 3. The van der Waals surface area contributed by atoms with Crippen LogP contribution in [0.4, 0.5) is 5.69 Å². The van der Waals surface area contributed by atoms with Gasteiger partial charge in [0.15, 0.2) is 16.3 Å². The summed E-state index contributed by atoms with van der Waals surface area (Å²) in [7, 11) is 3.04. The van der Waals surface area contributed by atoms with Gasteiger partial charge in [0.1, 0.15) is 5.56 Å². The number of methoxy groups -OCH3 is 2. The third kappa shape index (κ3) is 3.45. The number of nitro benzene ring substituents is 1. The van der Waals surface area contributed by atoms with Crippen LogP contribution in [0, 0.1) is 22.5 Å². The summed E-state index contributed by atoms with van der Waals surface area (Å²) >= 11 is 1.22. The normalized spacial score (nSPS) is 11.2. The topological polar surface area (TPSA) is 96.0 Å². The number of hydrogen-bond donors (Lipinski definition) is 0. The number of carbonyl (C=O) groups excluding carboxylic acids is 1. The number of thiazole rings is 1. The highest BCUT2D eigenvalue weighted by atomic mass is 32.1. The minimum absolute atomic E-state index is 0.0904. The molecule has 9 heteroatoms. The molecule has 1 amide bonds. The third-order valence-electron chi connectivity index (χ3n) is 3.97. The Morgan fingerprint density at radius 3 is 2.61 bits per heavy atom. The van der Waals surface area contributed by atoms with E-state index in [0.717, 1.165) is 10.2 Å². The number of terminal acetylenes is 1. The second-order valence-corrected chi connectivity index (χ2v) is 6.55. The molecule has 8 nitrogen and oxygen atoms in total. The van der Waals surface area contributed by atoms with Gasteiger partial charge in [0.05, 0.1) is 35.9 Å². The van der Waals surface area contributed by atoms with Crippen molar-refractivity contribution in [3.63, 3.8) is 0 Å². The van der Waals surface area contributed by atoms with E-state index in [9.17, 15) is 14.9 Å². The molecule has 0 N–H and O–H groups in total. The molecule has 3 aromatic rings. The smallest absolute Gasteiger partial charge is 0.286 e. The molecule has 0 atom stereocenters. The first kappa shape index (κ1) is 19.1. The predicted octanol–water partition coefficient (Wildman–Crippen LogP) is 3.00. The van der Waals surface area contributed by atoms with Gasteiger partial charge in [-0.25, -0.2) is 0 Å². The summed E-state index contributed by atoms with van der Waals surface area (Å²) in [5, 5.41) is 11.2. The van der Waals surface area contributed by atoms with Crippen LogP contribution < -0.4 is 14.3 Å². The maximum absolute atomic E-state index is 12.6. The van der Waals surface area contributed by atoms with E-state index in [2.05, 4.69) is 10.9 Å². The van der Waals surface area contributed by atoms with Crippen molar-refractivity contribution < 1.29 is 19.2 Å². The molecule has 1 heterocycles. The number of fused-ring (bicyclic) bond motifs is 1. The van der Waals surface area contributed by atoms with Crippen molar-refractivity contribution in [2.24, 2.45) is 4.99 Å². The van der Waals surface area contributed by atoms with Gasteiger partial charge in [-0.3, -0.25) is 14.9 Å². The number of aromatic nitrogens is 1. The van der Waals surface area contributed by atoms with Crippen molar-refractivity contribution in [1.29, 1.82) is 0 Å². The van der Waals surface area contributed by atoms with Gasteiger partial charge in [-0.05, 0) is 6.07 Å². The number of hydrogen-bond acceptors (Lipinski definition) is 6. The highest BCUT2D eigenvalue weighted by molar-refractivity contribution is 7.16. The Morgan fingerprint density at radius 2 is 1.96 bits per heavy atom. The molecule has 2 aromatic carbocycles. The molecule has 1 aromatic heterocycles. The van der Waals surface area contributed by atoms with Crippen molar-refractivity contribution in [2.75, 3.05) is 14.2 Å². The van der Waals surface area contributed by atoms with E-state index in [1.807, 2.05) is 0 Å². The fourth-order valence-corrected chi connectivity index (χ4v) is 3.72. The van der Waals surface area contributed by atoms with Crippen molar-refractivity contribution in [2.45, 2.75) is 6.54 Å². The van der Waals surface area contributed by atoms with E-state index in [-0.39, 0.29) is 17.8 Å². The summed E-state index contributed by atoms with van der Waals surface area (Å²) in [4.78, 5) is 27.6. The molecule has 0 radical (unpaired) electrons. The molecule has 0 saturated heterocycles. The van der Waals surface area contributed by atoms with Gasteiger partial charge in [0.2, 0.25) is 0 Å². The Kier molecular flexibility index (Phi) is 5.42. The standard InChI is InChI=1S/C19H15N3O5S/c1-4-9-21-14-10-15(26-2)16(27-3)11-17(14)28-19(21)20-18(23)12-7-5-6-8-13(12)22(24)25/h1,5-8,10-11H,9H2,2-3H3. The Hall–Kier alpha value is -3.64. The first-order valence-corrected chi connectivity index (χ1v) is 8.83. The van der Waals surface area contributed by atoms with Gasteiger partial charge in [0, 0.05) is 18.2 Å². The van der Waals surface area contributed by atoms with E-state index in [4.69, 9.17) is 15.9 Å². The van der Waals surface area contributed by atoms with Crippen molar-refractivity contribution in [3.05, 3.63) is 56.9 Å². The van der Waals surface area contributed by atoms with Crippen LogP contribution in [0.25, 0.3) is 10.2 Å². The average molecular weight is 397 g/mol. The number of nitro groups is 1. The summed E-state index contributed by atoms with van der Waals surface area (Å²) in [6.07, 6.45) is 5.47. The van der Waals surface area contributed by atoms with Crippen LogP contribution in [-0.4, -0.2) is 29.6 Å². The molecule has 0 fully saturated rings. The van der Waals surface area contributed by atoms with Gasteiger partial charge in [-0.1, -0.05) is 29.4 Å². The summed E-state index contributed by atoms with van der Waals surface area (Å²) in [6.45, 7) is 0.165. The lowest BCUT2D eigenvalue weighted by atomic mass is 10.2. The maximum Gasteiger partial charge on any atom is 0.286 e. The number of amides is 1. The first-order chi connectivity index (χ1) is 13.5. The van der Waals surface area contributed by atoms with Crippen molar-refractivity contribution in [3.8, 4) is 23.8 Å². The minimum Gasteiger partial charge on any atom is -0.493 e. The zero-order valence-corrected chi connectivity index (χ0v) is 15.9. The van der Waals surface area contributed by atoms with Crippen molar-refractivity contribution in [1.82, 2.24) is 4.57 Å². The SMILES string of the molecule is C#CCn1c(=NC(=O)c2ccccc2[N+](=O)[O-])sc2cc(OC)c(OC)cc21. The molecule has 0 saturated carbocycles. The average Bonchev–Trinajstić information content (AvgIpc) is 3.03. The largest absolute Gasteiger partial charge is 0.493 e. The van der Waals surface area contributed by atoms with Crippen LogP contribution in [0.1, 0.15) is 10.4 Å². The number of para-hydroxylation sites is 1. The van der Waals surface area contributed by atoms with Crippen LogP contribution in [0.2, 0.25) is 0 Å². The van der Waals surface area contributed by atoms with Crippen LogP contribution in [0.15, 0.2) is 41.4 Å². The lowest BCUT2D eigenvalue weighted by Gasteiger charge is -2.08. The van der Waals surface area contributed by atoms with E-state index in [1.165, 1.54) is 43.8 Å². The zero-order chi connectivity index (χ0) is 20.3. The second-order valence-electron chi connectivity index (χ2n) is 5.54. The van der Waals surface area contributed by atoms with Crippen LogP contribution in [0.3, 0.4) is 0 Å². The lowest BCUT2D eigenvalue weighted by molar-refractivity contribution is -0.385. The van der Waals surface area contributed by atoms with Crippen molar-refractivity contribution >= 4 is 33.1 Å². The van der Waals surface area contributed by atoms with Crippen LogP contribution >= 0.6 is 11.3 Å². The fourth-order valence-electron chi connectivity index (χ4n) is 2.69. The van der Waals surface area contributed by atoms with E-state index in [1.54, 1.807) is 22.8 Å². The highest BCUT2D eigenvalue weighted by Gasteiger charge is 2.19. The predicted molar refractivity (Wildman–Crippen MR) is 105 cm³/mol. The number of carbonyl (C=O) groups is 1. The van der Waals surface area contributed by atoms with Gasteiger partial charge in [-0.2, -0.15) is 4.99 Å². The number of benzene rings is 2. The molecule has 28 heavy (non-hydrogen) atoms. The Balaban J connectivity index is 2.22. The van der Waals surface area contributed by atoms with Gasteiger partial charge >= 0.3 is 0 Å². The quantitative estimate of drug-likeness (QED) is 0.375. The fraction of sp³-hybridized carbons (Fsp3) is 0.158. The highest BCUT2D eigenvalue weighted by Crippen LogP contribution is 2.33. The molecule has 0 aliphatic heterocycles. The van der Waals surface area contributed by atoms with Gasteiger partial charge < -0.3 is 14.0 Å². The molecular weight excluding hydrogens is 382 g/mol. The Labute approximate surface area is 163 Å². The van der Waals surface area contributed by atoms with Crippen LogP contribution in [0.5, 0.6) is 11.5 Å². The van der Waals surface area contributed by atoms with E-state index in [0.29, 0.717) is 16.3 Å². The summed E-state index contributed by atoms with van der Waals surface area (Å²) in [6, 6.07) is 9.18. The monoisotopic (exact) mass is 397 g/mol. The molecular formula is C19H15N3O5S. The Bertz CT molecular complexity index is 1190. The number of ether oxygens (including phenoxy) is 2. The summed E-state index contributed by atoms with van der Waals surface area (Å²) in [5.74, 6) is 2.85. The lowest BCUT2D eigenvalue weighted by Crippen LogP contribution is -2.17. The molecule has 0 aliphatic carbocycles. The Morgan fingerprint density at radius 1 is 1.29 bits per heavy atom. The summed E-state index contributed by atoms with van der Waals surface area (Å²) in [5.41, 5.74) is 0.325. The zero-order valence-electron chi connectivity index (χ0n) is 15.0. The van der Waals surface area contributed by atoms with Gasteiger partial charge in [-0.15, -0.1) is 6.42 Å². The second kappa shape index (κ2) is 7.94. The van der Waals surface area contributed by atoms with E-state index < -0.39 is 10.8 Å². The van der Waals surface area contributed by atoms with Crippen LogP contribution in [-0.2, 0) is 6.54 Å². The molecule has 0 aliphatic rings.